The normalized spacial score (nSPS) is 12.8. The molecule has 1 N–H and O–H groups in total. The predicted octanol–water partition coefficient (Wildman–Crippen LogP) is 3.37. The molecule has 1 aromatic carbocycles. The van der Waals surface area contributed by atoms with Crippen LogP contribution in [0.15, 0.2) is 53.6 Å². The van der Waals surface area contributed by atoms with Crippen molar-refractivity contribution in [1.29, 1.82) is 0 Å². The number of rotatable bonds is 6. The number of nitrogens with zero attached hydrogens (tertiary/aromatic N) is 2. The van der Waals surface area contributed by atoms with Crippen molar-refractivity contribution >= 4 is 11.0 Å². The van der Waals surface area contributed by atoms with Gasteiger partial charge in [-0.1, -0.05) is 12.1 Å². The Bertz CT molecular complexity index is 657. The van der Waals surface area contributed by atoms with E-state index in [-0.39, 0.29) is 0 Å². The molecular weight excluding hydrogens is 250 g/mol. The highest BCUT2D eigenvalue weighted by Crippen LogP contribution is 2.13. The van der Waals surface area contributed by atoms with Gasteiger partial charge in [0.1, 0.15) is 0 Å². The van der Waals surface area contributed by atoms with Crippen LogP contribution in [-0.2, 0) is 6.54 Å². The molecule has 0 aliphatic heterocycles. The number of para-hydroxylation sites is 2. The van der Waals surface area contributed by atoms with Crippen molar-refractivity contribution in [3.63, 3.8) is 0 Å². The first kappa shape index (κ1) is 12.9. The maximum atomic E-state index is 5.10. The van der Waals surface area contributed by atoms with E-state index in [1.54, 1.807) is 12.5 Å². The summed E-state index contributed by atoms with van der Waals surface area (Å²) < 4.78 is 7.30. The standard InChI is InChI=1S/C16H19N3O/c1-13(14-7-10-20-11-14)17-8-4-9-19-12-18-15-5-2-3-6-16(15)19/h2-3,5-7,10-13,17H,4,8-9H2,1H3. The van der Waals surface area contributed by atoms with Crippen molar-refractivity contribution in [2.75, 3.05) is 6.54 Å². The summed E-state index contributed by atoms with van der Waals surface area (Å²) in [6.07, 6.45) is 6.50. The minimum absolute atomic E-state index is 0.327. The number of benzene rings is 1. The summed E-state index contributed by atoms with van der Waals surface area (Å²) in [7, 11) is 0. The van der Waals surface area contributed by atoms with Crippen molar-refractivity contribution in [3.05, 3.63) is 54.7 Å². The first-order chi connectivity index (χ1) is 9.84. The molecule has 0 aliphatic carbocycles. The van der Waals surface area contributed by atoms with E-state index < -0.39 is 0 Å². The quantitative estimate of drug-likeness (QED) is 0.698. The third kappa shape index (κ3) is 2.75. The summed E-state index contributed by atoms with van der Waals surface area (Å²) in [5.41, 5.74) is 3.46. The van der Waals surface area contributed by atoms with E-state index in [2.05, 4.69) is 33.9 Å². The Balaban J connectivity index is 1.50. The number of aryl methyl sites for hydroxylation is 1. The molecule has 0 bridgehead atoms. The largest absolute Gasteiger partial charge is 0.472 e. The lowest BCUT2D eigenvalue weighted by atomic mass is 10.2. The fourth-order valence-electron chi connectivity index (χ4n) is 2.40. The molecule has 1 atom stereocenters. The summed E-state index contributed by atoms with van der Waals surface area (Å²) in [6, 6.07) is 10.6. The Morgan fingerprint density at radius 2 is 2.20 bits per heavy atom. The van der Waals surface area contributed by atoms with E-state index in [1.807, 2.05) is 24.5 Å². The van der Waals surface area contributed by atoms with Gasteiger partial charge in [-0.2, -0.15) is 0 Å². The Kier molecular flexibility index (Phi) is 3.83. The summed E-state index contributed by atoms with van der Waals surface area (Å²) in [6.45, 7) is 4.10. The maximum absolute atomic E-state index is 5.10. The van der Waals surface area contributed by atoms with E-state index in [0.717, 1.165) is 25.0 Å². The fourth-order valence-corrected chi connectivity index (χ4v) is 2.40. The van der Waals surface area contributed by atoms with Crippen molar-refractivity contribution in [3.8, 4) is 0 Å². The first-order valence-electron chi connectivity index (χ1n) is 7.00. The van der Waals surface area contributed by atoms with E-state index in [4.69, 9.17) is 4.42 Å². The number of furan rings is 1. The van der Waals surface area contributed by atoms with Crippen LogP contribution in [0.1, 0.15) is 24.9 Å². The van der Waals surface area contributed by atoms with Crippen LogP contribution in [-0.4, -0.2) is 16.1 Å². The second kappa shape index (κ2) is 5.92. The SMILES string of the molecule is CC(NCCCn1cnc2ccccc21)c1ccoc1. The number of imidazole rings is 1. The molecule has 1 unspecified atom stereocenters. The van der Waals surface area contributed by atoms with Gasteiger partial charge in [0, 0.05) is 18.2 Å². The summed E-state index contributed by atoms with van der Waals surface area (Å²) in [5, 5.41) is 3.50. The number of hydrogen-bond acceptors (Lipinski definition) is 3. The molecule has 0 spiro atoms. The predicted molar refractivity (Wildman–Crippen MR) is 79.5 cm³/mol. The van der Waals surface area contributed by atoms with Gasteiger partial charge in [0.25, 0.3) is 0 Å². The summed E-state index contributed by atoms with van der Waals surface area (Å²) >= 11 is 0. The number of hydrogen-bond donors (Lipinski definition) is 1. The van der Waals surface area contributed by atoms with Gasteiger partial charge in [-0.05, 0) is 38.1 Å². The van der Waals surface area contributed by atoms with Crippen LogP contribution in [0.3, 0.4) is 0 Å². The molecule has 0 radical (unpaired) electrons. The van der Waals surface area contributed by atoms with Crippen LogP contribution >= 0.6 is 0 Å². The summed E-state index contributed by atoms with van der Waals surface area (Å²) in [5.74, 6) is 0. The zero-order valence-corrected chi connectivity index (χ0v) is 11.6. The monoisotopic (exact) mass is 269 g/mol. The van der Waals surface area contributed by atoms with E-state index in [9.17, 15) is 0 Å². The highest BCUT2D eigenvalue weighted by atomic mass is 16.3. The molecule has 3 aromatic rings. The summed E-state index contributed by atoms with van der Waals surface area (Å²) in [4.78, 5) is 4.40. The molecule has 2 heterocycles. The average Bonchev–Trinajstić information content (AvgIpc) is 3.13. The van der Waals surface area contributed by atoms with Crippen molar-refractivity contribution in [1.82, 2.24) is 14.9 Å². The van der Waals surface area contributed by atoms with Crippen LogP contribution in [0, 0.1) is 0 Å². The van der Waals surface area contributed by atoms with Crippen LogP contribution in [0.5, 0.6) is 0 Å². The fraction of sp³-hybridized carbons (Fsp3) is 0.312. The lowest BCUT2D eigenvalue weighted by molar-refractivity contribution is 0.517. The lowest BCUT2D eigenvalue weighted by Gasteiger charge is -2.12. The molecule has 0 amide bonds. The molecule has 0 saturated carbocycles. The van der Waals surface area contributed by atoms with Gasteiger partial charge in [-0.15, -0.1) is 0 Å². The second-order valence-electron chi connectivity index (χ2n) is 5.01. The average molecular weight is 269 g/mol. The smallest absolute Gasteiger partial charge is 0.0958 e. The van der Waals surface area contributed by atoms with Crippen molar-refractivity contribution in [2.24, 2.45) is 0 Å². The maximum Gasteiger partial charge on any atom is 0.0958 e. The van der Waals surface area contributed by atoms with Crippen molar-refractivity contribution in [2.45, 2.75) is 25.9 Å². The lowest BCUT2D eigenvalue weighted by Crippen LogP contribution is -2.20. The Labute approximate surface area is 118 Å². The first-order valence-corrected chi connectivity index (χ1v) is 7.00. The molecule has 104 valence electrons. The number of nitrogens with one attached hydrogen (secondary N) is 1. The van der Waals surface area contributed by atoms with Gasteiger partial charge in [0.2, 0.25) is 0 Å². The molecule has 20 heavy (non-hydrogen) atoms. The molecule has 0 fully saturated rings. The number of aromatic nitrogens is 2. The van der Waals surface area contributed by atoms with Gasteiger partial charge in [-0.25, -0.2) is 4.98 Å². The Morgan fingerprint density at radius 3 is 3.05 bits per heavy atom. The molecular formula is C16H19N3O. The molecule has 0 saturated heterocycles. The van der Waals surface area contributed by atoms with Crippen molar-refractivity contribution < 1.29 is 4.42 Å². The van der Waals surface area contributed by atoms with Crippen LogP contribution < -0.4 is 5.32 Å². The van der Waals surface area contributed by atoms with Crippen LogP contribution in [0.4, 0.5) is 0 Å². The van der Waals surface area contributed by atoms with E-state index in [1.165, 1.54) is 11.1 Å². The third-order valence-electron chi connectivity index (χ3n) is 3.60. The second-order valence-corrected chi connectivity index (χ2v) is 5.01. The minimum atomic E-state index is 0.327. The van der Waals surface area contributed by atoms with Gasteiger partial charge in [0.05, 0.1) is 29.9 Å². The third-order valence-corrected chi connectivity index (χ3v) is 3.60. The van der Waals surface area contributed by atoms with Gasteiger partial charge in [-0.3, -0.25) is 0 Å². The minimum Gasteiger partial charge on any atom is -0.472 e. The molecule has 4 nitrogen and oxygen atoms in total. The Hall–Kier alpha value is -2.07. The zero-order valence-electron chi connectivity index (χ0n) is 11.6. The highest BCUT2D eigenvalue weighted by molar-refractivity contribution is 5.74. The van der Waals surface area contributed by atoms with Gasteiger partial charge >= 0.3 is 0 Å². The molecule has 4 heteroatoms. The van der Waals surface area contributed by atoms with E-state index in [0.29, 0.717) is 6.04 Å². The zero-order chi connectivity index (χ0) is 13.8. The van der Waals surface area contributed by atoms with Crippen LogP contribution in [0.25, 0.3) is 11.0 Å². The molecule has 3 rings (SSSR count). The molecule has 0 aliphatic rings. The highest BCUT2D eigenvalue weighted by Gasteiger charge is 2.05. The van der Waals surface area contributed by atoms with Gasteiger partial charge < -0.3 is 14.3 Å². The van der Waals surface area contributed by atoms with Crippen LogP contribution in [0.2, 0.25) is 0 Å². The topological polar surface area (TPSA) is 43.0 Å². The molecule has 2 aromatic heterocycles. The Morgan fingerprint density at radius 1 is 1.30 bits per heavy atom. The van der Waals surface area contributed by atoms with Gasteiger partial charge in [0.15, 0.2) is 0 Å². The number of fused-ring (bicyclic) bond motifs is 1. The van der Waals surface area contributed by atoms with E-state index >= 15 is 0 Å².